The van der Waals surface area contributed by atoms with E-state index in [4.69, 9.17) is 4.74 Å². The summed E-state index contributed by atoms with van der Waals surface area (Å²) < 4.78 is 5.47. The van der Waals surface area contributed by atoms with Crippen molar-refractivity contribution >= 4 is 0 Å². The lowest BCUT2D eigenvalue weighted by Crippen LogP contribution is -1.97. The highest BCUT2D eigenvalue weighted by Gasteiger charge is 2.22. The molecule has 2 rings (SSSR count). The summed E-state index contributed by atoms with van der Waals surface area (Å²) in [5.74, 6) is 0. The van der Waals surface area contributed by atoms with Crippen LogP contribution in [-0.4, -0.2) is 7.11 Å². The molecule has 1 unspecified atom stereocenters. The molecule has 0 aliphatic heterocycles. The topological polar surface area (TPSA) is 9.23 Å². The fourth-order valence-electron chi connectivity index (χ4n) is 2.41. The molecule has 14 heavy (non-hydrogen) atoms. The normalized spacial score (nSPS) is 19.8. The van der Waals surface area contributed by atoms with Gasteiger partial charge >= 0.3 is 0 Å². The lowest BCUT2D eigenvalue weighted by Gasteiger charge is -2.12. The van der Waals surface area contributed by atoms with Crippen LogP contribution in [0.15, 0.2) is 12.1 Å². The zero-order chi connectivity index (χ0) is 10.1. The maximum atomic E-state index is 5.47. The minimum atomic E-state index is 0.342. The largest absolute Gasteiger partial charge is 0.377 e. The molecule has 0 spiro atoms. The number of benzene rings is 1. The molecular weight excluding hydrogens is 172 g/mol. The molecule has 76 valence electrons. The van der Waals surface area contributed by atoms with Crippen LogP contribution < -0.4 is 0 Å². The van der Waals surface area contributed by atoms with Crippen LogP contribution in [0.5, 0.6) is 0 Å². The van der Waals surface area contributed by atoms with Gasteiger partial charge in [-0.1, -0.05) is 19.1 Å². The van der Waals surface area contributed by atoms with E-state index < -0.39 is 0 Å². The average Bonchev–Trinajstić information content (AvgIpc) is 2.58. The van der Waals surface area contributed by atoms with Crippen molar-refractivity contribution in [2.24, 2.45) is 0 Å². The van der Waals surface area contributed by atoms with Crippen molar-refractivity contribution in [3.05, 3.63) is 34.4 Å². The van der Waals surface area contributed by atoms with Crippen LogP contribution in [0, 0.1) is 6.92 Å². The van der Waals surface area contributed by atoms with Crippen LogP contribution in [0.3, 0.4) is 0 Å². The highest BCUT2D eigenvalue weighted by Crippen LogP contribution is 2.35. The first kappa shape index (κ1) is 9.72. The number of aryl methyl sites for hydroxylation is 3. The summed E-state index contributed by atoms with van der Waals surface area (Å²) in [5, 5.41) is 0. The van der Waals surface area contributed by atoms with Gasteiger partial charge in [-0.3, -0.25) is 0 Å². The molecule has 0 heterocycles. The Morgan fingerprint density at radius 2 is 2.21 bits per heavy atom. The Labute approximate surface area is 86.1 Å². The number of methoxy groups -OCH3 is 1. The summed E-state index contributed by atoms with van der Waals surface area (Å²) in [7, 11) is 1.81. The van der Waals surface area contributed by atoms with Crippen molar-refractivity contribution < 1.29 is 4.74 Å². The number of rotatable bonds is 2. The van der Waals surface area contributed by atoms with Gasteiger partial charge in [-0.25, -0.2) is 0 Å². The average molecular weight is 190 g/mol. The Hall–Kier alpha value is -0.820. The van der Waals surface area contributed by atoms with Crippen LogP contribution >= 0.6 is 0 Å². The van der Waals surface area contributed by atoms with Gasteiger partial charge in [0.05, 0.1) is 6.10 Å². The molecule has 0 fully saturated rings. The third-order valence-electron chi connectivity index (χ3n) is 3.29. The summed E-state index contributed by atoms with van der Waals surface area (Å²) in [6.07, 6.45) is 3.81. The molecule has 1 heteroatoms. The fraction of sp³-hybridized carbons (Fsp3) is 0.538. The van der Waals surface area contributed by atoms with Gasteiger partial charge in [0.15, 0.2) is 0 Å². The van der Waals surface area contributed by atoms with Gasteiger partial charge in [-0.05, 0) is 48.4 Å². The molecule has 0 amide bonds. The molecule has 1 aliphatic carbocycles. The van der Waals surface area contributed by atoms with E-state index in [1.807, 2.05) is 7.11 Å². The quantitative estimate of drug-likeness (QED) is 0.696. The second-order valence-electron chi connectivity index (χ2n) is 4.09. The third kappa shape index (κ3) is 1.46. The molecule has 0 aromatic heterocycles. The SMILES string of the molecule is CCc1cc2c(cc1C)C(OC)CC2. The second kappa shape index (κ2) is 3.74. The van der Waals surface area contributed by atoms with Crippen LogP contribution in [0.1, 0.15) is 41.7 Å². The Morgan fingerprint density at radius 1 is 1.43 bits per heavy atom. The van der Waals surface area contributed by atoms with Gasteiger partial charge in [0.25, 0.3) is 0 Å². The molecule has 0 bridgehead atoms. The van der Waals surface area contributed by atoms with Crippen molar-refractivity contribution in [2.75, 3.05) is 7.11 Å². The predicted molar refractivity (Wildman–Crippen MR) is 58.6 cm³/mol. The zero-order valence-electron chi connectivity index (χ0n) is 9.26. The minimum Gasteiger partial charge on any atom is -0.377 e. The van der Waals surface area contributed by atoms with E-state index in [-0.39, 0.29) is 0 Å². The standard InChI is InChI=1S/C13H18O/c1-4-10-8-11-5-6-13(14-3)12(11)7-9(10)2/h7-8,13H,4-6H2,1-3H3. The summed E-state index contributed by atoms with van der Waals surface area (Å²) in [5.41, 5.74) is 5.82. The van der Waals surface area contributed by atoms with E-state index in [1.54, 1.807) is 0 Å². The molecule has 1 atom stereocenters. The molecular formula is C13H18O. The van der Waals surface area contributed by atoms with E-state index in [0.29, 0.717) is 6.10 Å². The number of ether oxygens (including phenoxy) is 1. The molecule has 1 aromatic carbocycles. The summed E-state index contributed by atoms with van der Waals surface area (Å²) in [6.45, 7) is 4.42. The molecule has 1 nitrogen and oxygen atoms in total. The predicted octanol–water partition coefficient (Wildman–Crippen LogP) is 3.19. The van der Waals surface area contributed by atoms with E-state index >= 15 is 0 Å². The first-order valence-electron chi connectivity index (χ1n) is 5.41. The first-order chi connectivity index (χ1) is 6.76. The van der Waals surface area contributed by atoms with Crippen LogP contribution in [0.25, 0.3) is 0 Å². The van der Waals surface area contributed by atoms with Crippen molar-refractivity contribution in [1.29, 1.82) is 0 Å². The smallest absolute Gasteiger partial charge is 0.0827 e. The van der Waals surface area contributed by atoms with Gasteiger partial charge in [-0.15, -0.1) is 0 Å². The maximum Gasteiger partial charge on any atom is 0.0827 e. The second-order valence-corrected chi connectivity index (χ2v) is 4.09. The van der Waals surface area contributed by atoms with Crippen molar-refractivity contribution in [3.63, 3.8) is 0 Å². The van der Waals surface area contributed by atoms with Crippen LogP contribution in [-0.2, 0) is 17.6 Å². The van der Waals surface area contributed by atoms with E-state index in [2.05, 4.69) is 26.0 Å². The van der Waals surface area contributed by atoms with Gasteiger partial charge in [0.1, 0.15) is 0 Å². The first-order valence-corrected chi connectivity index (χ1v) is 5.41. The Kier molecular flexibility index (Phi) is 2.60. The van der Waals surface area contributed by atoms with E-state index in [0.717, 1.165) is 12.8 Å². The number of hydrogen-bond donors (Lipinski definition) is 0. The number of fused-ring (bicyclic) bond motifs is 1. The fourth-order valence-corrected chi connectivity index (χ4v) is 2.41. The van der Waals surface area contributed by atoms with Crippen molar-refractivity contribution in [1.82, 2.24) is 0 Å². The molecule has 1 aliphatic rings. The third-order valence-corrected chi connectivity index (χ3v) is 3.29. The summed E-state index contributed by atoms with van der Waals surface area (Å²) >= 11 is 0. The van der Waals surface area contributed by atoms with Gasteiger partial charge in [0.2, 0.25) is 0 Å². The van der Waals surface area contributed by atoms with Crippen LogP contribution in [0.4, 0.5) is 0 Å². The number of hydrogen-bond acceptors (Lipinski definition) is 1. The molecule has 0 N–H and O–H groups in total. The molecule has 0 saturated carbocycles. The van der Waals surface area contributed by atoms with Gasteiger partial charge in [-0.2, -0.15) is 0 Å². The van der Waals surface area contributed by atoms with E-state index in [9.17, 15) is 0 Å². The Morgan fingerprint density at radius 3 is 2.86 bits per heavy atom. The highest BCUT2D eigenvalue weighted by atomic mass is 16.5. The van der Waals surface area contributed by atoms with Crippen molar-refractivity contribution in [2.45, 2.75) is 39.2 Å². The molecule has 0 saturated heterocycles. The van der Waals surface area contributed by atoms with Gasteiger partial charge < -0.3 is 4.74 Å². The minimum absolute atomic E-state index is 0.342. The zero-order valence-corrected chi connectivity index (χ0v) is 9.26. The monoisotopic (exact) mass is 190 g/mol. The Balaban J connectivity index is 2.44. The van der Waals surface area contributed by atoms with E-state index in [1.165, 1.54) is 28.7 Å². The molecule has 0 radical (unpaired) electrons. The Bertz CT molecular complexity index is 341. The van der Waals surface area contributed by atoms with Crippen LogP contribution in [0.2, 0.25) is 0 Å². The molecule has 1 aromatic rings. The summed E-state index contributed by atoms with van der Waals surface area (Å²) in [6, 6.07) is 4.68. The van der Waals surface area contributed by atoms with Gasteiger partial charge in [0, 0.05) is 7.11 Å². The lowest BCUT2D eigenvalue weighted by atomic mass is 9.99. The lowest BCUT2D eigenvalue weighted by molar-refractivity contribution is 0.105. The maximum absolute atomic E-state index is 5.47. The highest BCUT2D eigenvalue weighted by molar-refractivity contribution is 5.41. The summed E-state index contributed by atoms with van der Waals surface area (Å²) in [4.78, 5) is 0. The van der Waals surface area contributed by atoms with Crippen molar-refractivity contribution in [3.8, 4) is 0 Å².